The van der Waals surface area contributed by atoms with Crippen LogP contribution in [-0.4, -0.2) is 23.8 Å². The smallest absolute Gasteiger partial charge is 0.304 e. The predicted molar refractivity (Wildman–Crippen MR) is 134 cm³/mol. The van der Waals surface area contributed by atoms with Gasteiger partial charge in [0, 0.05) is 30.7 Å². The van der Waals surface area contributed by atoms with E-state index in [1.165, 1.54) is 43.2 Å². The Morgan fingerprint density at radius 3 is 2.67 bits per heavy atom. The van der Waals surface area contributed by atoms with Crippen LogP contribution >= 0.6 is 11.6 Å². The summed E-state index contributed by atoms with van der Waals surface area (Å²) in [5, 5.41) is 16.6. The van der Waals surface area contributed by atoms with Crippen molar-refractivity contribution in [3.8, 4) is 0 Å². The second-order valence-electron chi connectivity index (χ2n) is 8.73. The third kappa shape index (κ3) is 8.17. The minimum absolute atomic E-state index is 0.0938. The highest BCUT2D eigenvalue weighted by Crippen LogP contribution is 2.35. The van der Waals surface area contributed by atoms with Gasteiger partial charge < -0.3 is 15.3 Å². The molecule has 3 rings (SSSR count). The van der Waals surface area contributed by atoms with Gasteiger partial charge in [0.15, 0.2) is 0 Å². The molecule has 0 radical (unpaired) electrons. The largest absolute Gasteiger partial charge is 0.481 e. The Bertz CT molecular complexity index is 939. The molecule has 0 amide bonds. The number of oxime groups is 1. The molecule has 178 valence electrons. The maximum atomic E-state index is 10.6. The van der Waals surface area contributed by atoms with Gasteiger partial charge in [-0.2, -0.15) is 0 Å². The molecule has 0 aliphatic heterocycles. The summed E-state index contributed by atoms with van der Waals surface area (Å²) in [6.45, 7) is 3.66. The van der Waals surface area contributed by atoms with Gasteiger partial charge in [-0.05, 0) is 59.1 Å². The molecule has 1 fully saturated rings. The fourth-order valence-electron chi connectivity index (χ4n) is 4.45. The average molecular weight is 471 g/mol. The number of aliphatic carboxylic acids is 1. The SMILES string of the molecule is CCc1cc(CON=CCc2ccc(CNCCC(=O)O)c(Cl)c2)ccc1C1CCCCC1. The van der Waals surface area contributed by atoms with Crippen molar-refractivity contribution in [1.29, 1.82) is 0 Å². The van der Waals surface area contributed by atoms with Crippen LogP contribution < -0.4 is 5.32 Å². The first kappa shape index (κ1) is 25.3. The molecular formula is C27H35ClN2O3. The monoisotopic (exact) mass is 470 g/mol. The minimum atomic E-state index is -0.812. The van der Waals surface area contributed by atoms with Gasteiger partial charge in [0.2, 0.25) is 0 Å². The highest BCUT2D eigenvalue weighted by molar-refractivity contribution is 6.31. The molecule has 1 saturated carbocycles. The number of aryl methyl sites for hydroxylation is 1. The number of carboxylic acids is 1. The molecule has 2 aromatic rings. The molecule has 33 heavy (non-hydrogen) atoms. The number of nitrogens with zero attached hydrogens (tertiary/aromatic N) is 1. The van der Waals surface area contributed by atoms with Crippen molar-refractivity contribution in [2.45, 2.75) is 77.4 Å². The summed E-state index contributed by atoms with van der Waals surface area (Å²) in [5.74, 6) is -0.0897. The normalized spacial score (nSPS) is 14.6. The number of carbonyl (C=O) groups is 1. The zero-order chi connectivity index (χ0) is 23.5. The van der Waals surface area contributed by atoms with Crippen LogP contribution in [0.15, 0.2) is 41.6 Å². The first-order valence-corrected chi connectivity index (χ1v) is 12.4. The van der Waals surface area contributed by atoms with Crippen molar-refractivity contribution in [2.75, 3.05) is 6.54 Å². The lowest BCUT2D eigenvalue weighted by Gasteiger charge is -2.24. The van der Waals surface area contributed by atoms with E-state index in [2.05, 4.69) is 35.6 Å². The maximum absolute atomic E-state index is 10.6. The number of rotatable bonds is 12. The van der Waals surface area contributed by atoms with Crippen molar-refractivity contribution in [3.05, 3.63) is 69.2 Å². The zero-order valence-electron chi connectivity index (χ0n) is 19.5. The Kier molecular flexibility index (Phi) is 10.2. The molecule has 5 nitrogen and oxygen atoms in total. The first-order chi connectivity index (χ1) is 16.1. The zero-order valence-corrected chi connectivity index (χ0v) is 20.2. The van der Waals surface area contributed by atoms with Crippen molar-refractivity contribution >= 4 is 23.8 Å². The number of hydrogen-bond acceptors (Lipinski definition) is 4. The Morgan fingerprint density at radius 2 is 1.94 bits per heavy atom. The molecule has 6 heteroatoms. The molecular weight excluding hydrogens is 436 g/mol. The van der Waals surface area contributed by atoms with E-state index in [9.17, 15) is 4.79 Å². The van der Waals surface area contributed by atoms with E-state index in [0.717, 1.165) is 29.0 Å². The second kappa shape index (κ2) is 13.4. The molecule has 0 bridgehead atoms. The fourth-order valence-corrected chi connectivity index (χ4v) is 4.72. The van der Waals surface area contributed by atoms with Crippen LogP contribution in [0.25, 0.3) is 0 Å². The maximum Gasteiger partial charge on any atom is 0.304 e. The van der Waals surface area contributed by atoms with Gasteiger partial charge in [-0.3, -0.25) is 4.79 Å². The molecule has 2 N–H and O–H groups in total. The second-order valence-corrected chi connectivity index (χ2v) is 9.14. The lowest BCUT2D eigenvalue weighted by Crippen LogP contribution is -2.17. The van der Waals surface area contributed by atoms with E-state index in [1.54, 1.807) is 6.21 Å². The lowest BCUT2D eigenvalue weighted by atomic mass is 9.81. The summed E-state index contributed by atoms with van der Waals surface area (Å²) in [6.07, 6.45) is 10.3. The van der Waals surface area contributed by atoms with Gasteiger partial charge in [0.1, 0.15) is 6.61 Å². The first-order valence-electron chi connectivity index (χ1n) is 12.0. The number of carboxylic acid groups (broad SMARTS) is 1. The van der Waals surface area contributed by atoms with Gasteiger partial charge in [0.05, 0.1) is 6.42 Å². The average Bonchev–Trinajstić information content (AvgIpc) is 2.83. The van der Waals surface area contributed by atoms with Crippen LogP contribution in [0.5, 0.6) is 0 Å². The highest BCUT2D eigenvalue weighted by Gasteiger charge is 2.18. The van der Waals surface area contributed by atoms with Gasteiger partial charge in [-0.1, -0.05) is 73.3 Å². The molecule has 1 aliphatic rings. The van der Waals surface area contributed by atoms with Crippen molar-refractivity contribution in [3.63, 3.8) is 0 Å². The Morgan fingerprint density at radius 1 is 1.15 bits per heavy atom. The number of halogens is 1. The van der Waals surface area contributed by atoms with Crippen molar-refractivity contribution in [2.24, 2.45) is 5.16 Å². The van der Waals surface area contributed by atoms with E-state index in [4.69, 9.17) is 21.5 Å². The molecule has 1 aliphatic carbocycles. The minimum Gasteiger partial charge on any atom is -0.481 e. The Labute approximate surface area is 202 Å². The third-order valence-corrected chi connectivity index (χ3v) is 6.64. The van der Waals surface area contributed by atoms with Gasteiger partial charge >= 0.3 is 5.97 Å². The third-order valence-electron chi connectivity index (χ3n) is 6.29. The van der Waals surface area contributed by atoms with E-state index >= 15 is 0 Å². The molecule has 0 spiro atoms. The van der Waals surface area contributed by atoms with Crippen LogP contribution in [0.2, 0.25) is 5.02 Å². The standard InChI is InChI=1S/C27H35ClN2O3/c1-2-22-16-21(9-11-25(22)23-6-4-3-5-7-23)19-33-30-15-12-20-8-10-24(26(28)17-20)18-29-14-13-27(31)32/h8-11,15-17,23,29H,2-7,12-14,18-19H2,1H3,(H,31,32). The van der Waals surface area contributed by atoms with Crippen molar-refractivity contribution < 1.29 is 14.7 Å². The van der Waals surface area contributed by atoms with Gasteiger partial charge in [-0.25, -0.2) is 0 Å². The van der Waals surface area contributed by atoms with Gasteiger partial charge in [-0.15, -0.1) is 0 Å². The van der Waals surface area contributed by atoms with E-state index in [-0.39, 0.29) is 6.42 Å². The molecule has 2 aromatic carbocycles. The Balaban J connectivity index is 1.45. The summed E-state index contributed by atoms with van der Waals surface area (Å²) < 4.78 is 0. The summed E-state index contributed by atoms with van der Waals surface area (Å²) >= 11 is 6.36. The molecule has 0 saturated heterocycles. The number of benzene rings is 2. The predicted octanol–water partition coefficient (Wildman–Crippen LogP) is 6.26. The lowest BCUT2D eigenvalue weighted by molar-refractivity contribution is -0.136. The quantitative estimate of drug-likeness (QED) is 0.218. The molecule has 0 aromatic heterocycles. The van der Waals surface area contributed by atoms with E-state index in [0.29, 0.717) is 31.1 Å². The van der Waals surface area contributed by atoms with E-state index < -0.39 is 5.97 Å². The van der Waals surface area contributed by atoms with Crippen LogP contribution in [0.4, 0.5) is 0 Å². The van der Waals surface area contributed by atoms with Gasteiger partial charge in [0.25, 0.3) is 0 Å². The summed E-state index contributed by atoms with van der Waals surface area (Å²) in [4.78, 5) is 16.1. The van der Waals surface area contributed by atoms with Crippen LogP contribution in [-0.2, 0) is 35.6 Å². The summed E-state index contributed by atoms with van der Waals surface area (Å²) in [7, 11) is 0. The molecule has 0 unspecified atom stereocenters. The van der Waals surface area contributed by atoms with Crippen LogP contribution in [0, 0.1) is 0 Å². The fraction of sp³-hybridized carbons (Fsp3) is 0.481. The number of nitrogens with one attached hydrogen (secondary N) is 1. The van der Waals surface area contributed by atoms with Crippen LogP contribution in [0.1, 0.15) is 79.2 Å². The van der Waals surface area contributed by atoms with E-state index in [1.807, 2.05) is 18.2 Å². The summed E-state index contributed by atoms with van der Waals surface area (Å²) in [5.41, 5.74) is 6.13. The van der Waals surface area contributed by atoms with Crippen LogP contribution in [0.3, 0.4) is 0 Å². The number of hydrogen-bond donors (Lipinski definition) is 2. The summed E-state index contributed by atoms with van der Waals surface area (Å²) in [6, 6.07) is 12.6. The molecule has 0 atom stereocenters. The Hall–Kier alpha value is -2.37. The molecule has 0 heterocycles. The topological polar surface area (TPSA) is 70.9 Å². The highest BCUT2D eigenvalue weighted by atomic mass is 35.5. The van der Waals surface area contributed by atoms with Crippen molar-refractivity contribution in [1.82, 2.24) is 5.32 Å².